The van der Waals surface area contributed by atoms with E-state index >= 15 is 0 Å². The summed E-state index contributed by atoms with van der Waals surface area (Å²) in [6.07, 6.45) is 0. The summed E-state index contributed by atoms with van der Waals surface area (Å²) in [5.41, 5.74) is 0. The van der Waals surface area contributed by atoms with E-state index in [0.717, 1.165) is 30.7 Å². The van der Waals surface area contributed by atoms with Crippen LogP contribution in [0.5, 0.6) is 0 Å². The van der Waals surface area contributed by atoms with Crippen molar-refractivity contribution in [2.75, 3.05) is 32.8 Å². The fourth-order valence-electron chi connectivity index (χ4n) is 1.36. The third kappa shape index (κ3) is 12.0. The number of hydrogen-bond donors (Lipinski definition) is 1. The van der Waals surface area contributed by atoms with Gasteiger partial charge in [-0.05, 0) is 20.8 Å². The largest absolute Gasteiger partial charge is 0.859 e. The molecular weight excluding hydrogens is 206 g/mol. The first-order valence-corrected chi connectivity index (χ1v) is 9.31. The molecule has 0 amide bonds. The van der Waals surface area contributed by atoms with Crippen LogP contribution in [0, 0.1) is 0 Å². The summed E-state index contributed by atoms with van der Waals surface area (Å²) in [5, 5.41) is 8.78. The second-order valence-electron chi connectivity index (χ2n) is 4.85. The van der Waals surface area contributed by atoms with Crippen LogP contribution in [0.15, 0.2) is 0 Å². The molecule has 3 nitrogen and oxygen atoms in total. The molecule has 0 aromatic carbocycles. The van der Waals surface area contributed by atoms with E-state index in [4.69, 9.17) is 5.11 Å². The van der Waals surface area contributed by atoms with Crippen LogP contribution < -0.4 is 4.80 Å². The Hall–Kier alpha value is 0.0969. The van der Waals surface area contributed by atoms with E-state index in [0.29, 0.717) is 6.61 Å². The van der Waals surface area contributed by atoms with Crippen LogP contribution in [0.25, 0.3) is 0 Å². The van der Waals surface area contributed by atoms with Gasteiger partial charge < -0.3 is 14.4 Å². The molecular formula is C11H29NO2Si. The van der Waals surface area contributed by atoms with E-state index in [-0.39, 0.29) is 0 Å². The monoisotopic (exact) mass is 235 g/mol. The highest BCUT2D eigenvalue weighted by Crippen LogP contribution is 2.03. The molecule has 0 heterocycles. The molecule has 0 saturated heterocycles. The van der Waals surface area contributed by atoms with Crippen molar-refractivity contribution in [2.24, 2.45) is 0 Å². The number of nitrogens with zero attached hydrogens (tertiary/aromatic N) is 1. The highest BCUT2D eigenvalue weighted by molar-refractivity contribution is 6.66. The van der Waals surface area contributed by atoms with Crippen LogP contribution in [0.2, 0.25) is 19.6 Å². The summed E-state index contributed by atoms with van der Waals surface area (Å²) in [6, 6.07) is 0. The van der Waals surface area contributed by atoms with E-state index < -0.39 is 8.32 Å². The fourth-order valence-corrected chi connectivity index (χ4v) is 1.36. The molecule has 0 aromatic rings. The Balaban J connectivity index is 0. The predicted octanol–water partition coefficient (Wildman–Crippen LogP) is 1.04. The lowest BCUT2D eigenvalue weighted by molar-refractivity contribution is -0.923. The van der Waals surface area contributed by atoms with Crippen molar-refractivity contribution in [3.63, 3.8) is 0 Å². The number of likely N-dealkylation sites (N-methyl/N-ethyl adjacent to an activating group) is 1. The molecule has 1 N–H and O–H groups in total. The summed E-state index contributed by atoms with van der Waals surface area (Å²) in [5.74, 6) is 0. The first kappa shape index (κ1) is 17.5. The predicted molar refractivity (Wildman–Crippen MR) is 67.2 cm³/mol. The maximum atomic E-state index is 10.2. The molecule has 0 saturated carbocycles. The number of quaternary nitrogens is 1. The Bertz CT molecular complexity index is 128. The Labute approximate surface area is 96.5 Å². The summed E-state index contributed by atoms with van der Waals surface area (Å²) in [6.45, 7) is 16.5. The molecule has 0 rings (SSSR count). The van der Waals surface area contributed by atoms with Gasteiger partial charge in [-0.2, -0.15) is 0 Å². The maximum absolute atomic E-state index is 10.2. The van der Waals surface area contributed by atoms with Crippen molar-refractivity contribution < 1.29 is 14.4 Å². The van der Waals surface area contributed by atoms with Gasteiger partial charge in [0.15, 0.2) is 0 Å². The molecule has 4 heteroatoms. The second-order valence-corrected chi connectivity index (χ2v) is 9.07. The van der Waals surface area contributed by atoms with Crippen molar-refractivity contribution in [2.45, 2.75) is 40.4 Å². The molecule has 15 heavy (non-hydrogen) atoms. The summed E-state index contributed by atoms with van der Waals surface area (Å²) < 4.78 is 1.05. The molecule has 0 aliphatic rings. The molecule has 94 valence electrons. The van der Waals surface area contributed by atoms with E-state index in [9.17, 15) is 4.80 Å². The van der Waals surface area contributed by atoms with Crippen LogP contribution >= 0.6 is 0 Å². The van der Waals surface area contributed by atoms with E-state index in [1.54, 1.807) is 19.6 Å². The molecule has 0 unspecified atom stereocenters. The van der Waals surface area contributed by atoms with Gasteiger partial charge in [-0.3, -0.25) is 0 Å². The van der Waals surface area contributed by atoms with Gasteiger partial charge >= 0.3 is 0 Å². The van der Waals surface area contributed by atoms with Gasteiger partial charge in [-0.25, -0.2) is 0 Å². The lowest BCUT2D eigenvalue weighted by Crippen LogP contribution is -2.49. The molecule has 0 aliphatic heterocycles. The van der Waals surface area contributed by atoms with E-state index in [2.05, 4.69) is 20.8 Å². The van der Waals surface area contributed by atoms with Gasteiger partial charge in [0.25, 0.3) is 0 Å². The fraction of sp³-hybridized carbons (Fsp3) is 1.00. The number of rotatable bonds is 5. The van der Waals surface area contributed by atoms with Crippen LogP contribution in [0.4, 0.5) is 0 Å². The van der Waals surface area contributed by atoms with Crippen LogP contribution in [-0.2, 0) is 0 Å². The van der Waals surface area contributed by atoms with Crippen LogP contribution in [0.1, 0.15) is 20.8 Å². The smallest absolute Gasteiger partial charge is 0.102 e. The minimum absolute atomic E-state index is 0.315. The average Bonchev–Trinajstić information content (AvgIpc) is 2.12. The molecule has 0 fully saturated rings. The third-order valence-corrected chi connectivity index (χ3v) is 2.59. The zero-order chi connectivity index (χ0) is 12.5. The topological polar surface area (TPSA) is 43.3 Å². The van der Waals surface area contributed by atoms with Crippen LogP contribution in [-0.4, -0.2) is 50.7 Å². The zero-order valence-corrected chi connectivity index (χ0v) is 12.3. The van der Waals surface area contributed by atoms with Gasteiger partial charge in [0, 0.05) is 0 Å². The number of aliphatic hydroxyl groups excluding tert-OH is 1. The quantitative estimate of drug-likeness (QED) is 0.571. The molecule has 0 bridgehead atoms. The number of hydrogen-bond acceptors (Lipinski definition) is 2. The molecule has 0 spiro atoms. The summed E-state index contributed by atoms with van der Waals surface area (Å²) in [7, 11) is -1.86. The molecule has 0 aliphatic carbocycles. The Morgan fingerprint density at radius 1 is 1.00 bits per heavy atom. The first-order chi connectivity index (χ1) is 6.74. The molecule has 0 aromatic heterocycles. The lowest BCUT2D eigenvalue weighted by Gasteiger charge is -2.34. The number of aliphatic hydroxyl groups is 1. The Kier molecular flexibility index (Phi) is 9.65. The van der Waals surface area contributed by atoms with Crippen molar-refractivity contribution in [3.05, 3.63) is 0 Å². The molecule has 0 radical (unpaired) electrons. The molecule has 0 atom stereocenters. The second kappa shape index (κ2) is 8.27. The first-order valence-electron chi connectivity index (χ1n) is 5.91. The van der Waals surface area contributed by atoms with Gasteiger partial charge in [-0.15, -0.1) is 0 Å². The SMILES string of the molecule is CC[N+](CC)(CC)CCO.C[Si](C)(C)[O-]. The van der Waals surface area contributed by atoms with E-state index in [1.807, 2.05) is 0 Å². The van der Waals surface area contributed by atoms with Crippen molar-refractivity contribution in [1.29, 1.82) is 0 Å². The van der Waals surface area contributed by atoms with Crippen molar-refractivity contribution >= 4 is 8.32 Å². The summed E-state index contributed by atoms with van der Waals surface area (Å²) >= 11 is 0. The average molecular weight is 235 g/mol. The van der Waals surface area contributed by atoms with E-state index in [1.165, 1.54) is 0 Å². The minimum atomic E-state index is -1.86. The zero-order valence-electron chi connectivity index (χ0n) is 11.3. The van der Waals surface area contributed by atoms with Gasteiger partial charge in [0.2, 0.25) is 0 Å². The van der Waals surface area contributed by atoms with Gasteiger partial charge in [-0.1, -0.05) is 28.0 Å². The highest BCUT2D eigenvalue weighted by atomic mass is 28.4. The lowest BCUT2D eigenvalue weighted by atomic mass is 10.3. The Morgan fingerprint density at radius 2 is 1.27 bits per heavy atom. The highest BCUT2D eigenvalue weighted by Gasteiger charge is 2.18. The minimum Gasteiger partial charge on any atom is -0.859 e. The van der Waals surface area contributed by atoms with Crippen molar-refractivity contribution in [3.8, 4) is 0 Å². The van der Waals surface area contributed by atoms with Crippen molar-refractivity contribution in [1.82, 2.24) is 0 Å². The summed E-state index contributed by atoms with van der Waals surface area (Å²) in [4.78, 5) is 10.2. The van der Waals surface area contributed by atoms with Gasteiger partial charge in [0.05, 0.1) is 26.2 Å². The maximum Gasteiger partial charge on any atom is 0.102 e. The Morgan fingerprint density at radius 3 is 1.33 bits per heavy atom. The normalized spacial score (nSPS) is 12.0. The standard InChI is InChI=1S/C8H20NO.C3H9OSi/c1-4-9(5-2,6-3)7-8-10;1-5(2,3)4/h10H,4-8H2,1-3H3;1-3H3/q+1;-1. The third-order valence-electron chi connectivity index (χ3n) is 2.59. The van der Waals surface area contributed by atoms with Crippen LogP contribution in [0.3, 0.4) is 0 Å². The van der Waals surface area contributed by atoms with Gasteiger partial charge in [0.1, 0.15) is 6.54 Å².